The summed E-state index contributed by atoms with van der Waals surface area (Å²) in [4.78, 5) is 23.4. The van der Waals surface area contributed by atoms with Crippen molar-refractivity contribution in [3.63, 3.8) is 0 Å². The largest absolute Gasteiger partial charge is 0.482 e. The second kappa shape index (κ2) is 5.20. The SMILES string of the molecule is CN(C)C(=O)COc1cc(C(=O)O)ccc1N. The first kappa shape index (κ1) is 12.8. The summed E-state index contributed by atoms with van der Waals surface area (Å²) in [6.45, 7) is -0.180. The van der Waals surface area contributed by atoms with Gasteiger partial charge in [-0.3, -0.25) is 4.79 Å². The molecule has 0 unspecified atom stereocenters. The number of aromatic carboxylic acids is 1. The topological polar surface area (TPSA) is 92.9 Å². The molecule has 92 valence electrons. The van der Waals surface area contributed by atoms with Gasteiger partial charge < -0.3 is 20.5 Å². The van der Waals surface area contributed by atoms with E-state index < -0.39 is 5.97 Å². The van der Waals surface area contributed by atoms with Crippen LogP contribution in [-0.2, 0) is 4.79 Å². The van der Waals surface area contributed by atoms with Crippen LogP contribution in [-0.4, -0.2) is 42.6 Å². The summed E-state index contributed by atoms with van der Waals surface area (Å²) < 4.78 is 5.17. The quantitative estimate of drug-likeness (QED) is 0.742. The number of carbonyl (C=O) groups excluding carboxylic acids is 1. The molecule has 6 heteroatoms. The first-order chi connectivity index (χ1) is 7.91. The molecule has 0 aliphatic heterocycles. The highest BCUT2D eigenvalue weighted by atomic mass is 16.5. The highest BCUT2D eigenvalue weighted by Gasteiger charge is 2.10. The number of benzene rings is 1. The fourth-order valence-corrected chi connectivity index (χ4v) is 1.06. The normalized spacial score (nSPS) is 9.76. The molecule has 0 atom stereocenters. The van der Waals surface area contributed by atoms with Crippen LogP contribution in [0.1, 0.15) is 10.4 Å². The van der Waals surface area contributed by atoms with Gasteiger partial charge in [-0.15, -0.1) is 0 Å². The van der Waals surface area contributed by atoms with Crippen molar-refractivity contribution >= 4 is 17.6 Å². The highest BCUT2D eigenvalue weighted by Crippen LogP contribution is 2.22. The van der Waals surface area contributed by atoms with Crippen molar-refractivity contribution in [3.8, 4) is 5.75 Å². The summed E-state index contributed by atoms with van der Waals surface area (Å²) in [6.07, 6.45) is 0. The van der Waals surface area contributed by atoms with Crippen LogP contribution in [0.4, 0.5) is 5.69 Å². The average Bonchev–Trinajstić information content (AvgIpc) is 2.26. The van der Waals surface area contributed by atoms with Crippen molar-refractivity contribution in [2.45, 2.75) is 0 Å². The van der Waals surface area contributed by atoms with Crippen LogP contribution in [0.15, 0.2) is 18.2 Å². The average molecular weight is 238 g/mol. The first-order valence-corrected chi connectivity index (χ1v) is 4.87. The Hall–Kier alpha value is -2.24. The Kier molecular flexibility index (Phi) is 3.92. The number of amides is 1. The summed E-state index contributed by atoms with van der Waals surface area (Å²) in [5.41, 5.74) is 5.96. The third-order valence-electron chi connectivity index (χ3n) is 2.11. The monoisotopic (exact) mass is 238 g/mol. The number of anilines is 1. The van der Waals surface area contributed by atoms with Crippen LogP contribution in [0.5, 0.6) is 5.75 Å². The Balaban J connectivity index is 2.80. The van der Waals surface area contributed by atoms with Crippen molar-refractivity contribution in [2.75, 3.05) is 26.4 Å². The van der Waals surface area contributed by atoms with Crippen LogP contribution >= 0.6 is 0 Å². The third-order valence-corrected chi connectivity index (χ3v) is 2.11. The van der Waals surface area contributed by atoms with Crippen molar-refractivity contribution in [1.29, 1.82) is 0 Å². The van der Waals surface area contributed by atoms with Gasteiger partial charge in [0.05, 0.1) is 11.3 Å². The molecule has 0 aliphatic carbocycles. The van der Waals surface area contributed by atoms with E-state index in [-0.39, 0.29) is 23.8 Å². The lowest BCUT2D eigenvalue weighted by Crippen LogP contribution is -2.27. The molecule has 0 fully saturated rings. The minimum Gasteiger partial charge on any atom is -0.482 e. The summed E-state index contributed by atoms with van der Waals surface area (Å²) in [5, 5.41) is 8.79. The van der Waals surface area contributed by atoms with Crippen molar-refractivity contribution in [3.05, 3.63) is 23.8 Å². The third kappa shape index (κ3) is 3.37. The molecule has 1 amide bonds. The molecule has 1 aromatic rings. The molecule has 0 bridgehead atoms. The first-order valence-electron chi connectivity index (χ1n) is 4.87. The zero-order chi connectivity index (χ0) is 13.0. The molecule has 0 radical (unpaired) electrons. The highest BCUT2D eigenvalue weighted by molar-refractivity contribution is 5.89. The Labute approximate surface area is 98.6 Å². The fraction of sp³-hybridized carbons (Fsp3) is 0.273. The number of nitrogens with zero attached hydrogens (tertiary/aromatic N) is 1. The second-order valence-electron chi connectivity index (χ2n) is 3.63. The van der Waals surface area contributed by atoms with Crippen LogP contribution in [0.2, 0.25) is 0 Å². The number of likely N-dealkylation sites (N-methyl/N-ethyl adjacent to an activating group) is 1. The number of hydrogen-bond acceptors (Lipinski definition) is 4. The second-order valence-corrected chi connectivity index (χ2v) is 3.63. The van der Waals surface area contributed by atoms with Crippen LogP contribution in [0.3, 0.4) is 0 Å². The number of ether oxygens (including phenoxy) is 1. The van der Waals surface area contributed by atoms with Gasteiger partial charge >= 0.3 is 5.97 Å². The number of nitrogens with two attached hydrogens (primary N) is 1. The molecular formula is C11H14N2O4. The number of nitrogen functional groups attached to an aromatic ring is 1. The molecule has 1 aromatic carbocycles. The molecular weight excluding hydrogens is 224 g/mol. The molecule has 0 aromatic heterocycles. The van der Waals surface area contributed by atoms with Gasteiger partial charge in [0.15, 0.2) is 6.61 Å². The van der Waals surface area contributed by atoms with E-state index in [9.17, 15) is 9.59 Å². The maximum absolute atomic E-state index is 11.3. The van der Waals surface area contributed by atoms with E-state index in [2.05, 4.69) is 0 Å². The predicted molar refractivity (Wildman–Crippen MR) is 62.0 cm³/mol. The predicted octanol–water partition coefficient (Wildman–Crippen LogP) is 0.434. The summed E-state index contributed by atoms with van der Waals surface area (Å²) in [6, 6.07) is 4.10. The zero-order valence-corrected chi connectivity index (χ0v) is 9.64. The Morgan fingerprint density at radius 1 is 1.41 bits per heavy atom. The van der Waals surface area contributed by atoms with Gasteiger partial charge in [0.1, 0.15) is 5.75 Å². The maximum atomic E-state index is 11.3. The van der Waals surface area contributed by atoms with Crippen LogP contribution < -0.4 is 10.5 Å². The number of carboxylic acids is 1. The van der Waals surface area contributed by atoms with Gasteiger partial charge in [-0.1, -0.05) is 0 Å². The van der Waals surface area contributed by atoms with E-state index >= 15 is 0 Å². The van der Waals surface area contributed by atoms with E-state index in [1.165, 1.54) is 23.1 Å². The number of carboxylic acid groups (broad SMARTS) is 1. The lowest BCUT2D eigenvalue weighted by atomic mass is 10.2. The lowest BCUT2D eigenvalue weighted by Gasteiger charge is -2.12. The smallest absolute Gasteiger partial charge is 0.335 e. The van der Waals surface area contributed by atoms with Gasteiger partial charge in [-0.25, -0.2) is 4.79 Å². The van der Waals surface area contributed by atoms with Gasteiger partial charge in [0.25, 0.3) is 5.91 Å². The molecule has 0 heterocycles. The molecule has 3 N–H and O–H groups in total. The van der Waals surface area contributed by atoms with Crippen molar-refractivity contribution < 1.29 is 19.4 Å². The summed E-state index contributed by atoms with van der Waals surface area (Å²) >= 11 is 0. The number of carbonyl (C=O) groups is 2. The van der Waals surface area contributed by atoms with Gasteiger partial charge in [0.2, 0.25) is 0 Å². The van der Waals surface area contributed by atoms with Gasteiger partial charge in [-0.2, -0.15) is 0 Å². The molecule has 6 nitrogen and oxygen atoms in total. The Bertz CT molecular complexity index is 443. The van der Waals surface area contributed by atoms with Gasteiger partial charge in [-0.05, 0) is 18.2 Å². The molecule has 17 heavy (non-hydrogen) atoms. The van der Waals surface area contributed by atoms with E-state index in [4.69, 9.17) is 15.6 Å². The number of hydrogen-bond donors (Lipinski definition) is 2. The molecule has 0 spiro atoms. The van der Waals surface area contributed by atoms with E-state index in [0.29, 0.717) is 5.69 Å². The maximum Gasteiger partial charge on any atom is 0.335 e. The number of rotatable bonds is 4. The standard InChI is InChI=1S/C11H14N2O4/c1-13(2)10(14)6-17-9-5-7(11(15)16)3-4-8(9)12/h3-5H,6,12H2,1-2H3,(H,15,16). The summed E-state index contributed by atoms with van der Waals surface area (Å²) in [5.74, 6) is -1.11. The molecule has 0 saturated heterocycles. The zero-order valence-electron chi connectivity index (χ0n) is 9.64. The minimum atomic E-state index is -1.08. The fourth-order valence-electron chi connectivity index (χ4n) is 1.06. The van der Waals surface area contributed by atoms with E-state index in [1.54, 1.807) is 14.1 Å². The van der Waals surface area contributed by atoms with E-state index in [0.717, 1.165) is 0 Å². The molecule has 0 aliphatic rings. The van der Waals surface area contributed by atoms with Crippen LogP contribution in [0, 0.1) is 0 Å². The van der Waals surface area contributed by atoms with Crippen molar-refractivity contribution in [2.24, 2.45) is 0 Å². The molecule has 0 saturated carbocycles. The molecule has 1 rings (SSSR count). The van der Waals surface area contributed by atoms with Crippen LogP contribution in [0.25, 0.3) is 0 Å². The van der Waals surface area contributed by atoms with E-state index in [1.807, 2.05) is 0 Å². The lowest BCUT2D eigenvalue weighted by molar-refractivity contribution is -0.130. The van der Waals surface area contributed by atoms with Gasteiger partial charge in [0, 0.05) is 14.1 Å². The minimum absolute atomic E-state index is 0.0616. The summed E-state index contributed by atoms with van der Waals surface area (Å²) in [7, 11) is 3.20. The Morgan fingerprint density at radius 2 is 2.06 bits per heavy atom. The van der Waals surface area contributed by atoms with Crippen molar-refractivity contribution in [1.82, 2.24) is 4.90 Å². The Morgan fingerprint density at radius 3 is 2.59 bits per heavy atom.